The van der Waals surface area contributed by atoms with E-state index in [1.54, 1.807) is 17.5 Å². The number of sulfonamides is 1. The maximum atomic E-state index is 12.4. The molecule has 4 nitrogen and oxygen atoms in total. The Balaban J connectivity index is 2.44. The highest BCUT2D eigenvalue weighted by Gasteiger charge is 2.21. The average molecular weight is 506 g/mol. The van der Waals surface area contributed by atoms with E-state index in [0.29, 0.717) is 19.5 Å². The second-order valence-electron chi connectivity index (χ2n) is 3.72. The number of aliphatic hydroxyl groups is 1. The number of thiophene rings is 1. The molecule has 108 valence electrons. The van der Waals surface area contributed by atoms with Gasteiger partial charge in [0.1, 0.15) is 4.90 Å². The summed E-state index contributed by atoms with van der Waals surface area (Å²) in [6.45, 7) is -0.309. The van der Waals surface area contributed by atoms with Crippen LogP contribution in [-0.2, 0) is 16.6 Å². The van der Waals surface area contributed by atoms with Crippen LogP contribution in [-0.4, -0.2) is 13.5 Å². The standard InChI is InChI=1S/C11H8Br3NO3S2/c12-6-3-7(13)11(8(14)4-6)15-20(17,18)10-1-2-19-9(10)5-16/h1-4,15-16H,5H2. The third-order valence-electron chi connectivity index (χ3n) is 2.38. The van der Waals surface area contributed by atoms with Gasteiger partial charge in [0, 0.05) is 13.4 Å². The van der Waals surface area contributed by atoms with Gasteiger partial charge in [-0.3, -0.25) is 4.72 Å². The van der Waals surface area contributed by atoms with Gasteiger partial charge in [-0.05, 0) is 55.4 Å². The molecule has 0 aliphatic carbocycles. The van der Waals surface area contributed by atoms with E-state index >= 15 is 0 Å². The number of anilines is 1. The third kappa shape index (κ3) is 3.45. The predicted octanol–water partition coefficient (Wildman–Crippen LogP) is 4.33. The lowest BCUT2D eigenvalue weighted by Crippen LogP contribution is -2.14. The summed E-state index contributed by atoms with van der Waals surface area (Å²) < 4.78 is 29.2. The number of halogens is 3. The zero-order valence-corrected chi connectivity index (χ0v) is 16.1. The molecule has 1 aromatic carbocycles. The molecule has 0 unspecified atom stereocenters. The van der Waals surface area contributed by atoms with Crippen LogP contribution in [0.3, 0.4) is 0 Å². The third-order valence-corrected chi connectivity index (χ3v) is 6.56. The number of aliphatic hydroxyl groups excluding tert-OH is 1. The minimum Gasteiger partial charge on any atom is -0.391 e. The van der Waals surface area contributed by atoms with Crippen molar-refractivity contribution < 1.29 is 13.5 Å². The first-order valence-corrected chi connectivity index (χ1v) is 9.94. The highest BCUT2D eigenvalue weighted by molar-refractivity contribution is 9.11. The molecule has 2 rings (SSSR count). The Morgan fingerprint density at radius 3 is 2.35 bits per heavy atom. The Morgan fingerprint density at radius 1 is 1.20 bits per heavy atom. The van der Waals surface area contributed by atoms with Crippen LogP contribution in [0.4, 0.5) is 5.69 Å². The SMILES string of the molecule is O=S(=O)(Nc1c(Br)cc(Br)cc1Br)c1ccsc1CO. The first-order valence-electron chi connectivity index (χ1n) is 5.19. The predicted molar refractivity (Wildman–Crippen MR) is 90.6 cm³/mol. The van der Waals surface area contributed by atoms with Crippen molar-refractivity contribution in [3.05, 3.63) is 41.9 Å². The van der Waals surface area contributed by atoms with E-state index in [4.69, 9.17) is 0 Å². The van der Waals surface area contributed by atoms with Crippen LogP contribution < -0.4 is 4.72 Å². The van der Waals surface area contributed by atoms with Gasteiger partial charge in [0.15, 0.2) is 0 Å². The van der Waals surface area contributed by atoms with Crippen LogP contribution in [0, 0.1) is 0 Å². The largest absolute Gasteiger partial charge is 0.391 e. The lowest BCUT2D eigenvalue weighted by molar-refractivity contribution is 0.282. The fraction of sp³-hybridized carbons (Fsp3) is 0.0909. The van der Waals surface area contributed by atoms with Gasteiger partial charge in [-0.15, -0.1) is 11.3 Å². The van der Waals surface area contributed by atoms with Gasteiger partial charge < -0.3 is 5.11 Å². The fourth-order valence-corrected chi connectivity index (χ4v) is 6.63. The molecule has 0 fully saturated rings. The van der Waals surface area contributed by atoms with Gasteiger partial charge in [0.2, 0.25) is 0 Å². The molecule has 0 aliphatic heterocycles. The Kier molecular flexibility index (Phi) is 5.30. The molecule has 1 aromatic heterocycles. The van der Waals surface area contributed by atoms with Gasteiger partial charge in [-0.25, -0.2) is 8.42 Å². The van der Waals surface area contributed by atoms with E-state index in [-0.39, 0.29) is 11.5 Å². The molecule has 9 heteroatoms. The first kappa shape index (κ1) is 16.4. The van der Waals surface area contributed by atoms with Crippen LogP contribution in [0.1, 0.15) is 4.88 Å². The summed E-state index contributed by atoms with van der Waals surface area (Å²) in [5, 5.41) is 10.8. The summed E-state index contributed by atoms with van der Waals surface area (Å²) in [6.07, 6.45) is 0. The van der Waals surface area contributed by atoms with Gasteiger partial charge in [-0.2, -0.15) is 0 Å². The number of benzene rings is 1. The maximum Gasteiger partial charge on any atom is 0.263 e. The van der Waals surface area contributed by atoms with Crippen molar-refractivity contribution in [1.29, 1.82) is 0 Å². The second kappa shape index (κ2) is 6.45. The Morgan fingerprint density at radius 2 is 1.80 bits per heavy atom. The molecule has 0 radical (unpaired) electrons. The van der Waals surface area contributed by atoms with Gasteiger partial charge in [0.25, 0.3) is 10.0 Å². The van der Waals surface area contributed by atoms with Crippen LogP contribution in [0.25, 0.3) is 0 Å². The Hall–Kier alpha value is 0.0700. The zero-order chi connectivity index (χ0) is 14.9. The lowest BCUT2D eigenvalue weighted by Gasteiger charge is -2.12. The van der Waals surface area contributed by atoms with E-state index in [1.807, 2.05) is 0 Å². The van der Waals surface area contributed by atoms with Crippen molar-refractivity contribution in [3.63, 3.8) is 0 Å². The molecule has 2 aromatic rings. The van der Waals surface area contributed by atoms with Crippen molar-refractivity contribution >= 4 is 74.8 Å². The van der Waals surface area contributed by atoms with Crippen molar-refractivity contribution in [1.82, 2.24) is 0 Å². The number of hydrogen-bond donors (Lipinski definition) is 2. The molecule has 0 bridgehead atoms. The minimum atomic E-state index is -3.75. The molecule has 0 saturated carbocycles. The summed E-state index contributed by atoms with van der Waals surface area (Å²) in [6, 6.07) is 4.95. The maximum absolute atomic E-state index is 12.4. The van der Waals surface area contributed by atoms with Gasteiger partial charge in [0.05, 0.1) is 17.2 Å². The normalized spacial score (nSPS) is 11.6. The molecular weight excluding hydrogens is 498 g/mol. The highest BCUT2D eigenvalue weighted by atomic mass is 79.9. The average Bonchev–Trinajstić information content (AvgIpc) is 2.83. The van der Waals surface area contributed by atoms with Crippen LogP contribution in [0.5, 0.6) is 0 Å². The molecule has 2 N–H and O–H groups in total. The lowest BCUT2D eigenvalue weighted by atomic mass is 10.3. The van der Waals surface area contributed by atoms with E-state index in [2.05, 4.69) is 52.5 Å². The van der Waals surface area contributed by atoms with Gasteiger partial charge >= 0.3 is 0 Å². The minimum absolute atomic E-state index is 0.0896. The van der Waals surface area contributed by atoms with Crippen LogP contribution in [0.15, 0.2) is 41.9 Å². The molecule has 0 atom stereocenters. The topological polar surface area (TPSA) is 66.4 Å². The van der Waals surface area contributed by atoms with Crippen molar-refractivity contribution in [2.45, 2.75) is 11.5 Å². The molecular formula is C11H8Br3NO3S2. The fourth-order valence-electron chi connectivity index (χ4n) is 1.51. The van der Waals surface area contributed by atoms with Crippen molar-refractivity contribution in [2.75, 3.05) is 4.72 Å². The van der Waals surface area contributed by atoms with Crippen LogP contribution >= 0.6 is 59.1 Å². The smallest absolute Gasteiger partial charge is 0.263 e. The van der Waals surface area contributed by atoms with E-state index in [0.717, 1.165) is 4.47 Å². The number of nitrogens with one attached hydrogen (secondary N) is 1. The Bertz CT molecular complexity index is 720. The number of hydrogen-bond acceptors (Lipinski definition) is 4. The summed E-state index contributed by atoms with van der Waals surface area (Å²) in [7, 11) is -3.75. The van der Waals surface area contributed by atoms with Gasteiger partial charge in [-0.1, -0.05) is 15.9 Å². The monoisotopic (exact) mass is 503 g/mol. The first-order chi connectivity index (χ1) is 9.35. The zero-order valence-electron chi connectivity index (χ0n) is 9.73. The van der Waals surface area contributed by atoms with E-state index in [9.17, 15) is 13.5 Å². The summed E-state index contributed by atoms with van der Waals surface area (Å²) in [5.74, 6) is 0. The van der Waals surface area contributed by atoms with E-state index in [1.165, 1.54) is 17.4 Å². The summed E-state index contributed by atoms with van der Waals surface area (Å²) in [4.78, 5) is 0.494. The molecule has 0 aliphatic rings. The quantitative estimate of drug-likeness (QED) is 0.650. The molecule has 0 saturated heterocycles. The molecule has 0 amide bonds. The summed E-state index contributed by atoms with van der Waals surface area (Å²) >= 11 is 11.1. The van der Waals surface area contributed by atoms with E-state index < -0.39 is 10.0 Å². The number of rotatable bonds is 4. The molecule has 0 spiro atoms. The summed E-state index contributed by atoms with van der Waals surface area (Å²) in [5.41, 5.74) is 0.406. The van der Waals surface area contributed by atoms with Crippen LogP contribution in [0.2, 0.25) is 0 Å². The molecule has 20 heavy (non-hydrogen) atoms. The van der Waals surface area contributed by atoms with Crippen molar-refractivity contribution in [3.8, 4) is 0 Å². The second-order valence-corrected chi connectivity index (χ2v) is 8.99. The Labute approximate surface area is 145 Å². The van der Waals surface area contributed by atoms with Crippen molar-refractivity contribution in [2.24, 2.45) is 0 Å². The highest BCUT2D eigenvalue weighted by Crippen LogP contribution is 2.36. The molecule has 1 heterocycles.